The molecule has 0 radical (unpaired) electrons. The lowest BCUT2D eigenvalue weighted by Gasteiger charge is -2.48. The van der Waals surface area contributed by atoms with Crippen LogP contribution in [0.2, 0.25) is 0 Å². The van der Waals surface area contributed by atoms with Gasteiger partial charge in [-0.3, -0.25) is 9.69 Å². The van der Waals surface area contributed by atoms with E-state index < -0.39 is 5.54 Å². The second-order valence-corrected chi connectivity index (χ2v) is 6.42. The number of carbonyl (C=O) groups excluding carboxylic acids is 1. The Labute approximate surface area is 136 Å². The predicted molar refractivity (Wildman–Crippen MR) is 87.7 cm³/mol. The molecule has 1 aromatic rings. The molecular formula is C17H23N5O. The van der Waals surface area contributed by atoms with Crippen LogP contribution in [0.1, 0.15) is 37.7 Å². The summed E-state index contributed by atoms with van der Waals surface area (Å²) in [7, 11) is 0. The Balaban J connectivity index is 1.77. The van der Waals surface area contributed by atoms with Gasteiger partial charge in [0.05, 0.1) is 5.56 Å². The fourth-order valence-electron chi connectivity index (χ4n) is 3.87. The molecule has 6 heteroatoms. The molecule has 2 saturated heterocycles. The van der Waals surface area contributed by atoms with Crippen molar-refractivity contribution in [2.75, 3.05) is 31.1 Å². The number of amides is 1. The van der Waals surface area contributed by atoms with E-state index in [1.165, 1.54) is 6.42 Å². The molecule has 0 bridgehead atoms. The molecule has 1 aromatic heterocycles. The zero-order valence-corrected chi connectivity index (χ0v) is 13.4. The maximum Gasteiger partial charge on any atom is 0.238 e. The van der Waals surface area contributed by atoms with E-state index in [4.69, 9.17) is 5.73 Å². The van der Waals surface area contributed by atoms with E-state index in [-0.39, 0.29) is 5.91 Å². The zero-order valence-electron chi connectivity index (χ0n) is 13.4. The number of primary amides is 1. The first kappa shape index (κ1) is 15.8. The standard InChI is InChI=1S/C17H23N5O/c18-13-14-5-4-8-20-15(14)21-11-6-17(7-12-21,16(19)23)22-9-2-1-3-10-22/h4-5,8H,1-3,6-7,9-12H2,(H2,19,23). The number of nitriles is 1. The van der Waals surface area contributed by atoms with E-state index in [1.54, 1.807) is 18.3 Å². The smallest absolute Gasteiger partial charge is 0.238 e. The molecule has 3 rings (SSSR count). The molecule has 6 nitrogen and oxygen atoms in total. The van der Waals surface area contributed by atoms with Crippen LogP contribution in [0, 0.1) is 11.3 Å². The van der Waals surface area contributed by atoms with Gasteiger partial charge in [0.1, 0.15) is 17.4 Å². The molecule has 3 heterocycles. The van der Waals surface area contributed by atoms with Gasteiger partial charge in [0, 0.05) is 19.3 Å². The van der Waals surface area contributed by atoms with E-state index in [9.17, 15) is 10.1 Å². The van der Waals surface area contributed by atoms with Crippen molar-refractivity contribution < 1.29 is 4.79 Å². The van der Waals surface area contributed by atoms with E-state index >= 15 is 0 Å². The number of carbonyl (C=O) groups is 1. The fourth-order valence-corrected chi connectivity index (χ4v) is 3.87. The van der Waals surface area contributed by atoms with Gasteiger partial charge in [0.15, 0.2) is 0 Å². The van der Waals surface area contributed by atoms with Gasteiger partial charge in [0.25, 0.3) is 0 Å². The molecule has 0 saturated carbocycles. The van der Waals surface area contributed by atoms with Crippen molar-refractivity contribution in [1.29, 1.82) is 5.26 Å². The highest BCUT2D eigenvalue weighted by molar-refractivity contribution is 5.85. The number of nitrogens with two attached hydrogens (primary N) is 1. The van der Waals surface area contributed by atoms with Crippen LogP contribution in [0.5, 0.6) is 0 Å². The van der Waals surface area contributed by atoms with Crippen LogP contribution < -0.4 is 10.6 Å². The highest BCUT2D eigenvalue weighted by Gasteiger charge is 2.45. The largest absolute Gasteiger partial charge is 0.368 e. The molecule has 0 aliphatic carbocycles. The van der Waals surface area contributed by atoms with Crippen LogP contribution >= 0.6 is 0 Å². The summed E-state index contributed by atoms with van der Waals surface area (Å²) in [6, 6.07) is 5.75. The zero-order chi connectivity index (χ0) is 16.3. The number of hydrogen-bond acceptors (Lipinski definition) is 5. The molecule has 23 heavy (non-hydrogen) atoms. The Kier molecular flexibility index (Phi) is 4.49. The van der Waals surface area contributed by atoms with Crippen molar-refractivity contribution in [3.05, 3.63) is 23.9 Å². The van der Waals surface area contributed by atoms with E-state index in [1.807, 2.05) is 0 Å². The van der Waals surface area contributed by atoms with Gasteiger partial charge in [-0.2, -0.15) is 5.26 Å². The molecule has 2 N–H and O–H groups in total. The summed E-state index contributed by atoms with van der Waals surface area (Å²) in [5.41, 5.74) is 5.86. The maximum atomic E-state index is 12.2. The van der Waals surface area contributed by atoms with Crippen molar-refractivity contribution in [2.45, 2.75) is 37.6 Å². The molecule has 2 fully saturated rings. The van der Waals surface area contributed by atoms with Crippen LogP contribution in [-0.4, -0.2) is 47.5 Å². The number of rotatable bonds is 3. The number of pyridine rings is 1. The molecule has 0 spiro atoms. The monoisotopic (exact) mass is 313 g/mol. The third-order valence-electron chi connectivity index (χ3n) is 5.22. The lowest BCUT2D eigenvalue weighted by atomic mass is 9.83. The third kappa shape index (κ3) is 2.89. The second-order valence-electron chi connectivity index (χ2n) is 6.42. The van der Waals surface area contributed by atoms with Crippen LogP contribution in [-0.2, 0) is 4.79 Å². The van der Waals surface area contributed by atoms with Crippen molar-refractivity contribution in [2.24, 2.45) is 5.73 Å². The minimum Gasteiger partial charge on any atom is -0.368 e. The number of aromatic nitrogens is 1. The lowest BCUT2D eigenvalue weighted by Crippen LogP contribution is -2.63. The summed E-state index contributed by atoms with van der Waals surface area (Å²) in [6.45, 7) is 3.31. The molecule has 0 atom stereocenters. The Hall–Kier alpha value is -2.13. The summed E-state index contributed by atoms with van der Waals surface area (Å²) in [5, 5.41) is 9.24. The highest BCUT2D eigenvalue weighted by atomic mass is 16.1. The Morgan fingerprint density at radius 1 is 1.22 bits per heavy atom. The average Bonchev–Trinajstić information content (AvgIpc) is 2.62. The number of nitrogens with zero attached hydrogens (tertiary/aromatic N) is 4. The van der Waals surface area contributed by atoms with Gasteiger partial charge in [-0.1, -0.05) is 6.42 Å². The molecule has 1 amide bonds. The highest BCUT2D eigenvalue weighted by Crippen LogP contribution is 2.33. The molecule has 122 valence electrons. The summed E-state index contributed by atoms with van der Waals surface area (Å²) >= 11 is 0. The molecule has 0 unspecified atom stereocenters. The Morgan fingerprint density at radius 3 is 2.52 bits per heavy atom. The van der Waals surface area contributed by atoms with Crippen LogP contribution in [0.15, 0.2) is 18.3 Å². The summed E-state index contributed by atoms with van der Waals surface area (Å²) in [4.78, 5) is 21.0. The van der Waals surface area contributed by atoms with Crippen LogP contribution in [0.4, 0.5) is 5.82 Å². The van der Waals surface area contributed by atoms with E-state index in [0.717, 1.165) is 25.9 Å². The number of hydrogen-bond donors (Lipinski definition) is 1. The van der Waals surface area contributed by atoms with Gasteiger partial charge in [-0.05, 0) is 50.9 Å². The fraction of sp³-hybridized carbons (Fsp3) is 0.588. The molecule has 0 aromatic carbocycles. The van der Waals surface area contributed by atoms with Gasteiger partial charge in [-0.15, -0.1) is 0 Å². The normalized spacial score (nSPS) is 21.6. The van der Waals surface area contributed by atoms with Crippen molar-refractivity contribution in [3.8, 4) is 6.07 Å². The second kappa shape index (κ2) is 6.55. The number of anilines is 1. The minimum absolute atomic E-state index is 0.208. The summed E-state index contributed by atoms with van der Waals surface area (Å²) in [6.07, 6.45) is 6.61. The minimum atomic E-state index is -0.529. The van der Waals surface area contributed by atoms with Gasteiger partial charge in [-0.25, -0.2) is 4.98 Å². The maximum absolute atomic E-state index is 12.2. The first-order chi connectivity index (χ1) is 11.2. The number of likely N-dealkylation sites (tertiary alicyclic amines) is 1. The summed E-state index contributed by atoms with van der Waals surface area (Å²) < 4.78 is 0. The SMILES string of the molecule is N#Cc1cccnc1N1CCC(C(N)=O)(N2CCCCC2)CC1. The quantitative estimate of drug-likeness (QED) is 0.908. The molecule has 2 aliphatic rings. The first-order valence-electron chi connectivity index (χ1n) is 8.32. The summed E-state index contributed by atoms with van der Waals surface area (Å²) in [5.74, 6) is 0.507. The third-order valence-corrected chi connectivity index (χ3v) is 5.22. The van der Waals surface area contributed by atoms with Gasteiger partial charge < -0.3 is 10.6 Å². The predicted octanol–water partition coefficient (Wildman–Crippen LogP) is 1.26. The lowest BCUT2D eigenvalue weighted by molar-refractivity contribution is -0.132. The average molecular weight is 313 g/mol. The first-order valence-corrected chi connectivity index (χ1v) is 8.32. The van der Waals surface area contributed by atoms with E-state index in [2.05, 4.69) is 20.9 Å². The molecule has 2 aliphatic heterocycles. The van der Waals surface area contributed by atoms with E-state index in [0.29, 0.717) is 37.3 Å². The van der Waals surface area contributed by atoms with Crippen LogP contribution in [0.3, 0.4) is 0 Å². The van der Waals surface area contributed by atoms with Crippen molar-refractivity contribution in [3.63, 3.8) is 0 Å². The Bertz CT molecular complexity index is 610. The van der Waals surface area contributed by atoms with Crippen LogP contribution in [0.25, 0.3) is 0 Å². The number of piperidine rings is 2. The topological polar surface area (TPSA) is 86.2 Å². The van der Waals surface area contributed by atoms with Crippen molar-refractivity contribution in [1.82, 2.24) is 9.88 Å². The van der Waals surface area contributed by atoms with Gasteiger partial charge in [0.2, 0.25) is 5.91 Å². The molecular weight excluding hydrogens is 290 g/mol. The Morgan fingerprint density at radius 2 is 1.91 bits per heavy atom. The van der Waals surface area contributed by atoms with Gasteiger partial charge >= 0.3 is 0 Å². The van der Waals surface area contributed by atoms with Crippen molar-refractivity contribution >= 4 is 11.7 Å².